The molecule has 0 bridgehead atoms. The second kappa shape index (κ2) is 5.65. The van der Waals surface area contributed by atoms with Gasteiger partial charge in [0.25, 0.3) is 0 Å². The predicted molar refractivity (Wildman–Crippen MR) is 72.5 cm³/mol. The van der Waals surface area contributed by atoms with E-state index in [9.17, 15) is 13.2 Å². The number of nitrogens with one attached hydrogen (secondary N) is 1. The maximum atomic E-state index is 13.4. The molecule has 2 rings (SSSR count). The van der Waals surface area contributed by atoms with Crippen LogP contribution in [-0.4, -0.2) is 0 Å². The Morgan fingerprint density at radius 2 is 1.68 bits per heavy atom. The molecule has 2 aromatic carbocycles. The Morgan fingerprint density at radius 3 is 2.26 bits per heavy atom. The minimum Gasteiger partial charge on any atom is -0.376 e. The average Bonchev–Trinajstić information content (AvgIpc) is 2.32. The molecule has 1 N–H and O–H groups in total. The Morgan fingerprint density at radius 1 is 1.05 bits per heavy atom. The van der Waals surface area contributed by atoms with E-state index in [0.29, 0.717) is 12.1 Å². The largest absolute Gasteiger partial charge is 0.376 e. The molecular weight excluding hydrogens is 319 g/mol. The molecule has 100 valence electrons. The monoisotopic (exact) mass is 329 g/mol. The molecule has 0 aliphatic rings. The van der Waals surface area contributed by atoms with Gasteiger partial charge in [0.1, 0.15) is 11.5 Å². The third-order valence-corrected chi connectivity index (χ3v) is 3.59. The van der Waals surface area contributed by atoms with Crippen molar-refractivity contribution in [2.75, 3.05) is 5.32 Å². The van der Waals surface area contributed by atoms with E-state index < -0.39 is 17.5 Å². The van der Waals surface area contributed by atoms with E-state index in [4.69, 9.17) is 0 Å². The van der Waals surface area contributed by atoms with Gasteiger partial charge in [0.05, 0.1) is 0 Å². The third-order valence-electron chi connectivity index (χ3n) is 2.70. The molecule has 0 unspecified atom stereocenters. The molecule has 0 saturated carbocycles. The van der Waals surface area contributed by atoms with E-state index in [1.165, 1.54) is 0 Å². The zero-order chi connectivity index (χ0) is 14.0. The van der Waals surface area contributed by atoms with Crippen LogP contribution in [0.3, 0.4) is 0 Å². The first-order valence-electron chi connectivity index (χ1n) is 5.61. The van der Waals surface area contributed by atoms with Gasteiger partial charge in [-0.1, -0.05) is 28.1 Å². The first-order chi connectivity index (χ1) is 8.97. The number of hydrogen-bond donors (Lipinski definition) is 1. The highest BCUT2D eigenvalue weighted by atomic mass is 79.9. The van der Waals surface area contributed by atoms with Crippen LogP contribution < -0.4 is 5.32 Å². The molecule has 0 amide bonds. The van der Waals surface area contributed by atoms with E-state index in [0.717, 1.165) is 15.6 Å². The van der Waals surface area contributed by atoms with Crippen molar-refractivity contribution in [3.8, 4) is 0 Å². The number of halogens is 4. The van der Waals surface area contributed by atoms with E-state index >= 15 is 0 Å². The molecule has 0 spiro atoms. The molecular formula is C14H11BrF3N. The number of anilines is 1. The van der Waals surface area contributed by atoms with Gasteiger partial charge in [-0.05, 0) is 24.1 Å². The molecule has 0 fully saturated rings. The summed E-state index contributed by atoms with van der Waals surface area (Å²) in [6.45, 7) is 2.18. The fourth-order valence-electron chi connectivity index (χ4n) is 1.72. The van der Waals surface area contributed by atoms with Crippen LogP contribution in [0, 0.1) is 24.4 Å². The highest BCUT2D eigenvalue weighted by Crippen LogP contribution is 2.22. The molecule has 0 atom stereocenters. The van der Waals surface area contributed by atoms with E-state index in [-0.39, 0.29) is 12.2 Å². The SMILES string of the molecule is Cc1cc(CNc2c(F)cc(F)cc2F)ccc1Br. The third kappa shape index (κ3) is 3.29. The second-order valence-electron chi connectivity index (χ2n) is 4.18. The molecule has 1 nitrogen and oxygen atoms in total. The molecule has 0 aromatic heterocycles. The number of benzene rings is 2. The number of hydrogen-bond acceptors (Lipinski definition) is 1. The van der Waals surface area contributed by atoms with Gasteiger partial charge >= 0.3 is 0 Å². The smallest absolute Gasteiger partial charge is 0.152 e. The Bertz CT molecular complexity index is 591. The maximum Gasteiger partial charge on any atom is 0.152 e. The highest BCUT2D eigenvalue weighted by molar-refractivity contribution is 9.10. The lowest BCUT2D eigenvalue weighted by molar-refractivity contribution is 0.547. The van der Waals surface area contributed by atoms with Gasteiger partial charge in [-0.3, -0.25) is 0 Å². The molecule has 0 heterocycles. The minimum absolute atomic E-state index is 0.258. The van der Waals surface area contributed by atoms with Crippen LogP contribution in [-0.2, 0) is 6.54 Å². The van der Waals surface area contributed by atoms with Crippen molar-refractivity contribution >= 4 is 21.6 Å². The van der Waals surface area contributed by atoms with Crippen LogP contribution >= 0.6 is 15.9 Å². The Hall–Kier alpha value is -1.49. The van der Waals surface area contributed by atoms with E-state index in [1.807, 2.05) is 25.1 Å². The predicted octanol–water partition coefficient (Wildman–Crippen LogP) is 4.79. The normalized spacial score (nSPS) is 10.6. The molecule has 0 saturated heterocycles. The maximum absolute atomic E-state index is 13.4. The summed E-state index contributed by atoms with van der Waals surface area (Å²) in [7, 11) is 0. The summed E-state index contributed by atoms with van der Waals surface area (Å²) >= 11 is 3.37. The van der Waals surface area contributed by atoms with Gasteiger partial charge in [0.15, 0.2) is 11.6 Å². The van der Waals surface area contributed by atoms with Crippen LogP contribution in [0.5, 0.6) is 0 Å². The van der Waals surface area contributed by atoms with E-state index in [2.05, 4.69) is 21.2 Å². The van der Waals surface area contributed by atoms with Crippen LogP contribution in [0.15, 0.2) is 34.8 Å². The Kier molecular flexibility index (Phi) is 4.14. The minimum atomic E-state index is -0.939. The molecule has 0 aliphatic heterocycles. The number of rotatable bonds is 3. The summed E-state index contributed by atoms with van der Waals surface area (Å²) in [4.78, 5) is 0. The standard InChI is InChI=1S/C14H11BrF3N/c1-8-4-9(2-3-11(8)15)7-19-14-12(17)5-10(16)6-13(14)18/h2-6,19H,7H2,1H3. The molecule has 5 heteroatoms. The van der Waals surface area contributed by atoms with Gasteiger partial charge in [-0.15, -0.1) is 0 Å². The summed E-state index contributed by atoms with van der Waals surface area (Å²) in [6.07, 6.45) is 0. The highest BCUT2D eigenvalue weighted by Gasteiger charge is 2.11. The van der Waals surface area contributed by atoms with Crippen LogP contribution in [0.25, 0.3) is 0 Å². The second-order valence-corrected chi connectivity index (χ2v) is 5.04. The van der Waals surface area contributed by atoms with Crippen molar-refractivity contribution in [1.29, 1.82) is 0 Å². The first-order valence-corrected chi connectivity index (χ1v) is 6.40. The van der Waals surface area contributed by atoms with Crippen molar-refractivity contribution in [3.63, 3.8) is 0 Å². The summed E-state index contributed by atoms with van der Waals surface area (Å²) in [5.41, 5.74) is 1.59. The first kappa shape index (κ1) is 13.9. The fourth-order valence-corrected chi connectivity index (χ4v) is 1.96. The van der Waals surface area contributed by atoms with Crippen molar-refractivity contribution < 1.29 is 13.2 Å². The van der Waals surface area contributed by atoms with Crippen LogP contribution in [0.1, 0.15) is 11.1 Å². The van der Waals surface area contributed by atoms with Crippen LogP contribution in [0.4, 0.5) is 18.9 Å². The summed E-state index contributed by atoms with van der Waals surface area (Å²) in [5.74, 6) is -2.81. The molecule has 2 aromatic rings. The molecule has 0 aliphatic carbocycles. The van der Waals surface area contributed by atoms with Crippen molar-refractivity contribution in [1.82, 2.24) is 0 Å². The lowest BCUT2D eigenvalue weighted by Gasteiger charge is -2.10. The fraction of sp³-hybridized carbons (Fsp3) is 0.143. The van der Waals surface area contributed by atoms with Crippen molar-refractivity contribution in [2.45, 2.75) is 13.5 Å². The Labute approximate surface area is 117 Å². The summed E-state index contributed by atoms with van der Waals surface area (Å²) in [6, 6.07) is 6.90. The van der Waals surface area contributed by atoms with Gasteiger partial charge in [0.2, 0.25) is 0 Å². The Balaban J connectivity index is 2.16. The van der Waals surface area contributed by atoms with Gasteiger partial charge in [-0.25, -0.2) is 13.2 Å². The zero-order valence-corrected chi connectivity index (χ0v) is 11.7. The lowest BCUT2D eigenvalue weighted by atomic mass is 10.1. The molecule has 19 heavy (non-hydrogen) atoms. The van der Waals surface area contributed by atoms with Crippen LogP contribution in [0.2, 0.25) is 0 Å². The van der Waals surface area contributed by atoms with Gasteiger partial charge in [-0.2, -0.15) is 0 Å². The average molecular weight is 330 g/mol. The van der Waals surface area contributed by atoms with Gasteiger partial charge < -0.3 is 5.32 Å². The van der Waals surface area contributed by atoms with Gasteiger partial charge in [0, 0.05) is 23.2 Å². The number of aryl methyl sites for hydroxylation is 1. The van der Waals surface area contributed by atoms with Crippen molar-refractivity contribution in [3.05, 3.63) is 63.4 Å². The summed E-state index contributed by atoms with van der Waals surface area (Å²) < 4.78 is 40.5. The van der Waals surface area contributed by atoms with E-state index in [1.54, 1.807) is 0 Å². The lowest BCUT2D eigenvalue weighted by Crippen LogP contribution is -2.04. The molecule has 0 radical (unpaired) electrons. The zero-order valence-electron chi connectivity index (χ0n) is 10.1. The van der Waals surface area contributed by atoms with Crippen molar-refractivity contribution in [2.24, 2.45) is 0 Å². The topological polar surface area (TPSA) is 12.0 Å². The quantitative estimate of drug-likeness (QED) is 0.853. The summed E-state index contributed by atoms with van der Waals surface area (Å²) in [5, 5.41) is 2.64.